The molecule has 1 aromatic rings. The van der Waals surface area contributed by atoms with Crippen LogP contribution in [0.25, 0.3) is 0 Å². The number of anilines is 1. The topological polar surface area (TPSA) is 82.0 Å². The molecule has 0 bridgehead atoms. The molecular formula is C15H19N3O3. The summed E-state index contributed by atoms with van der Waals surface area (Å²) in [5.74, 6) is -0.384. The van der Waals surface area contributed by atoms with E-state index in [1.165, 1.54) is 11.8 Å². The molecule has 0 aromatic heterocycles. The van der Waals surface area contributed by atoms with Crippen LogP contribution in [0.4, 0.5) is 5.69 Å². The van der Waals surface area contributed by atoms with Crippen molar-refractivity contribution in [1.82, 2.24) is 5.43 Å². The molecule has 0 spiro atoms. The van der Waals surface area contributed by atoms with Gasteiger partial charge in [0.25, 0.3) is 5.91 Å². The molecule has 1 aliphatic rings. The lowest BCUT2D eigenvalue weighted by Gasteiger charge is -2.21. The summed E-state index contributed by atoms with van der Waals surface area (Å²) in [6.45, 7) is 3.39. The van der Waals surface area contributed by atoms with Crippen molar-refractivity contribution >= 4 is 23.2 Å². The maximum absolute atomic E-state index is 11.7. The van der Waals surface area contributed by atoms with Crippen LogP contribution in [0, 0.1) is 5.92 Å². The lowest BCUT2D eigenvalue weighted by atomic mass is 9.94. The summed E-state index contributed by atoms with van der Waals surface area (Å²) < 4.78 is 0. The van der Waals surface area contributed by atoms with Crippen LogP contribution in [-0.4, -0.2) is 35.8 Å². The van der Waals surface area contributed by atoms with Crippen LogP contribution in [0.1, 0.15) is 25.8 Å². The van der Waals surface area contributed by atoms with E-state index in [2.05, 4.69) is 10.5 Å². The van der Waals surface area contributed by atoms with Gasteiger partial charge >= 0.3 is 0 Å². The number of nitrogens with zero attached hydrogens (tertiary/aromatic N) is 2. The fraction of sp³-hybridized carbons (Fsp3) is 0.400. The van der Waals surface area contributed by atoms with Crippen molar-refractivity contribution in [3.05, 3.63) is 29.8 Å². The standard InChI is InChI=1S/C15H19N3O3/c1-9-8-13(20)16-17-14(9)11-4-6-12(7-5-11)18(3)15(21)10(2)19/h4-7,9-10,19H,8H2,1-3H3,(H,16,20). The summed E-state index contributed by atoms with van der Waals surface area (Å²) in [5, 5.41) is 13.4. The lowest BCUT2D eigenvalue weighted by molar-refractivity contribution is -0.125. The second-order valence-electron chi connectivity index (χ2n) is 5.26. The number of hydrogen-bond donors (Lipinski definition) is 2. The number of benzene rings is 1. The summed E-state index contributed by atoms with van der Waals surface area (Å²) >= 11 is 0. The summed E-state index contributed by atoms with van der Waals surface area (Å²) in [6.07, 6.45) is -0.617. The second kappa shape index (κ2) is 6.05. The Balaban J connectivity index is 2.20. The van der Waals surface area contributed by atoms with Gasteiger partial charge in [0, 0.05) is 25.1 Å². The third kappa shape index (κ3) is 3.28. The fourth-order valence-electron chi connectivity index (χ4n) is 2.27. The number of nitrogens with one attached hydrogen (secondary N) is 1. The van der Waals surface area contributed by atoms with Crippen LogP contribution < -0.4 is 10.3 Å². The SMILES string of the molecule is CC(O)C(=O)N(C)c1ccc(C2=NNC(=O)CC2C)cc1. The van der Waals surface area contributed by atoms with Gasteiger partial charge in [0.2, 0.25) is 5.91 Å². The van der Waals surface area contributed by atoms with Crippen molar-refractivity contribution in [3.8, 4) is 0 Å². The normalized spacial score (nSPS) is 19.5. The van der Waals surface area contributed by atoms with E-state index in [-0.39, 0.29) is 17.7 Å². The quantitative estimate of drug-likeness (QED) is 0.867. The van der Waals surface area contributed by atoms with Gasteiger partial charge in [-0.15, -0.1) is 0 Å². The number of rotatable bonds is 3. The average Bonchev–Trinajstić information content (AvgIpc) is 2.46. The first kappa shape index (κ1) is 15.2. The van der Waals surface area contributed by atoms with Gasteiger partial charge in [-0.3, -0.25) is 9.59 Å². The molecule has 0 saturated carbocycles. The second-order valence-corrected chi connectivity index (χ2v) is 5.26. The van der Waals surface area contributed by atoms with Crippen LogP contribution >= 0.6 is 0 Å². The van der Waals surface area contributed by atoms with Gasteiger partial charge in [-0.2, -0.15) is 5.10 Å². The number of amides is 2. The predicted octanol–water partition coefficient (Wildman–Crippen LogP) is 0.890. The summed E-state index contributed by atoms with van der Waals surface area (Å²) in [7, 11) is 1.62. The maximum Gasteiger partial charge on any atom is 0.255 e. The first-order valence-corrected chi connectivity index (χ1v) is 6.82. The summed E-state index contributed by atoms with van der Waals surface area (Å²) in [4.78, 5) is 24.4. The molecule has 1 aromatic carbocycles. The Bertz CT molecular complexity index is 578. The minimum Gasteiger partial charge on any atom is -0.384 e. The third-order valence-corrected chi connectivity index (χ3v) is 3.50. The molecule has 1 aliphatic heterocycles. The number of hydrazone groups is 1. The highest BCUT2D eigenvalue weighted by molar-refractivity contribution is 6.06. The zero-order valence-corrected chi connectivity index (χ0v) is 12.3. The van der Waals surface area contributed by atoms with Crippen LogP contribution in [0.3, 0.4) is 0 Å². The van der Waals surface area contributed by atoms with E-state index >= 15 is 0 Å². The van der Waals surface area contributed by atoms with E-state index in [0.717, 1.165) is 11.3 Å². The molecule has 21 heavy (non-hydrogen) atoms. The minimum atomic E-state index is -1.03. The number of aliphatic hydroxyl groups is 1. The zero-order chi connectivity index (χ0) is 15.6. The van der Waals surface area contributed by atoms with E-state index in [1.807, 2.05) is 19.1 Å². The molecule has 1 heterocycles. The lowest BCUT2D eigenvalue weighted by Crippen LogP contribution is -2.34. The molecular weight excluding hydrogens is 270 g/mol. The summed E-state index contributed by atoms with van der Waals surface area (Å²) in [6, 6.07) is 7.30. The maximum atomic E-state index is 11.7. The van der Waals surface area contributed by atoms with Crippen LogP contribution in [0.15, 0.2) is 29.4 Å². The summed E-state index contributed by atoms with van der Waals surface area (Å²) in [5.41, 5.74) is 4.91. The van der Waals surface area contributed by atoms with Crippen LogP contribution in [0.5, 0.6) is 0 Å². The van der Waals surface area contributed by atoms with E-state index in [4.69, 9.17) is 0 Å². The van der Waals surface area contributed by atoms with E-state index < -0.39 is 6.10 Å². The zero-order valence-electron chi connectivity index (χ0n) is 12.3. The molecule has 2 atom stereocenters. The highest BCUT2D eigenvalue weighted by atomic mass is 16.3. The van der Waals surface area contributed by atoms with Crippen molar-refractivity contribution in [1.29, 1.82) is 0 Å². The molecule has 0 radical (unpaired) electrons. The Morgan fingerprint density at radius 1 is 1.43 bits per heavy atom. The number of likely N-dealkylation sites (N-methyl/N-ethyl adjacent to an activating group) is 1. The third-order valence-electron chi connectivity index (χ3n) is 3.50. The molecule has 2 unspecified atom stereocenters. The van der Waals surface area contributed by atoms with Gasteiger partial charge in [0.1, 0.15) is 6.10 Å². The van der Waals surface area contributed by atoms with E-state index in [9.17, 15) is 14.7 Å². The Morgan fingerprint density at radius 3 is 2.57 bits per heavy atom. The van der Waals surface area contributed by atoms with E-state index in [0.29, 0.717) is 12.1 Å². The van der Waals surface area contributed by atoms with Gasteiger partial charge in [-0.05, 0) is 24.6 Å². The van der Waals surface area contributed by atoms with Crippen LogP contribution in [0.2, 0.25) is 0 Å². The average molecular weight is 289 g/mol. The highest BCUT2D eigenvalue weighted by Crippen LogP contribution is 2.20. The Kier molecular flexibility index (Phi) is 4.37. The van der Waals surface area contributed by atoms with Gasteiger partial charge in [-0.25, -0.2) is 5.43 Å². The minimum absolute atomic E-state index is 0.0569. The molecule has 112 valence electrons. The first-order chi connectivity index (χ1) is 9.90. The van der Waals surface area contributed by atoms with Gasteiger partial charge < -0.3 is 10.0 Å². The van der Waals surface area contributed by atoms with E-state index in [1.54, 1.807) is 19.2 Å². The van der Waals surface area contributed by atoms with Crippen molar-refractivity contribution in [2.45, 2.75) is 26.4 Å². The molecule has 2 rings (SSSR count). The molecule has 2 amide bonds. The molecule has 6 heteroatoms. The smallest absolute Gasteiger partial charge is 0.255 e. The highest BCUT2D eigenvalue weighted by Gasteiger charge is 2.22. The van der Waals surface area contributed by atoms with Gasteiger partial charge in [0.05, 0.1) is 5.71 Å². The largest absolute Gasteiger partial charge is 0.384 e. The van der Waals surface area contributed by atoms with Crippen molar-refractivity contribution in [2.75, 3.05) is 11.9 Å². The molecule has 2 N–H and O–H groups in total. The van der Waals surface area contributed by atoms with Crippen molar-refractivity contribution in [3.63, 3.8) is 0 Å². The number of carbonyl (C=O) groups excluding carboxylic acids is 2. The van der Waals surface area contributed by atoms with Crippen molar-refractivity contribution in [2.24, 2.45) is 11.0 Å². The number of hydrogen-bond acceptors (Lipinski definition) is 4. The monoisotopic (exact) mass is 289 g/mol. The molecule has 6 nitrogen and oxygen atoms in total. The molecule has 0 saturated heterocycles. The number of carbonyl (C=O) groups is 2. The first-order valence-electron chi connectivity index (χ1n) is 6.82. The fourth-order valence-corrected chi connectivity index (χ4v) is 2.27. The Morgan fingerprint density at radius 2 is 2.05 bits per heavy atom. The molecule has 0 fully saturated rings. The van der Waals surface area contributed by atoms with Crippen LogP contribution in [-0.2, 0) is 9.59 Å². The Hall–Kier alpha value is -2.21. The molecule has 0 aliphatic carbocycles. The predicted molar refractivity (Wildman–Crippen MR) is 80.0 cm³/mol. The number of aliphatic hydroxyl groups excluding tert-OH is 1. The Labute approximate surface area is 123 Å². The van der Waals surface area contributed by atoms with Gasteiger partial charge in [0.15, 0.2) is 0 Å². The van der Waals surface area contributed by atoms with Gasteiger partial charge in [-0.1, -0.05) is 19.1 Å². The van der Waals surface area contributed by atoms with Crippen molar-refractivity contribution < 1.29 is 14.7 Å².